The fourth-order valence-electron chi connectivity index (χ4n) is 3.55. The number of carbonyl (C=O) groups is 1. The third kappa shape index (κ3) is 3.79. The Balaban J connectivity index is 1.67. The molecular formula is C21H26N2O4. The van der Waals surface area contributed by atoms with E-state index in [0.29, 0.717) is 30.2 Å². The summed E-state index contributed by atoms with van der Waals surface area (Å²) in [5, 5.41) is 3.02. The summed E-state index contributed by atoms with van der Waals surface area (Å²) in [5.74, 6) is 1.97. The van der Waals surface area contributed by atoms with E-state index < -0.39 is 0 Å². The number of nitrogens with zero attached hydrogens (tertiary/aromatic N) is 1. The van der Waals surface area contributed by atoms with Crippen LogP contribution in [-0.2, 0) is 12.8 Å². The number of amides is 2. The number of anilines is 1. The van der Waals surface area contributed by atoms with Gasteiger partial charge in [0, 0.05) is 24.3 Å². The average Bonchev–Trinajstić information content (AvgIpc) is 3.03. The number of rotatable bonds is 6. The highest BCUT2D eigenvalue weighted by atomic mass is 16.5. The molecule has 0 radical (unpaired) electrons. The monoisotopic (exact) mass is 370 g/mol. The Labute approximate surface area is 160 Å². The molecule has 2 aromatic rings. The fourth-order valence-corrected chi connectivity index (χ4v) is 3.55. The fraction of sp³-hybridized carbons (Fsp3) is 0.381. The molecule has 0 aromatic heterocycles. The number of carbonyl (C=O) groups excluding carboxylic acids is 1. The lowest BCUT2D eigenvalue weighted by Gasteiger charge is -2.23. The lowest BCUT2D eigenvalue weighted by Crippen LogP contribution is -2.43. The minimum absolute atomic E-state index is 0.0770. The van der Waals surface area contributed by atoms with Crippen LogP contribution in [-0.4, -0.2) is 39.9 Å². The summed E-state index contributed by atoms with van der Waals surface area (Å²) in [4.78, 5) is 14.6. The molecule has 2 aromatic carbocycles. The molecule has 0 saturated heterocycles. The SMILES string of the molecule is COc1cc(OC)c(OC)cc1CCNC(=O)N1c2ccccc2CC1C. The maximum atomic E-state index is 12.7. The summed E-state index contributed by atoms with van der Waals surface area (Å²) in [7, 11) is 4.81. The van der Waals surface area contributed by atoms with E-state index in [-0.39, 0.29) is 12.1 Å². The number of fused-ring (bicyclic) bond motifs is 1. The second kappa shape index (κ2) is 8.20. The molecule has 2 amide bonds. The van der Waals surface area contributed by atoms with E-state index in [0.717, 1.165) is 17.7 Å². The lowest BCUT2D eigenvalue weighted by atomic mass is 10.1. The zero-order valence-corrected chi connectivity index (χ0v) is 16.2. The molecule has 144 valence electrons. The quantitative estimate of drug-likeness (QED) is 0.846. The molecular weight excluding hydrogens is 344 g/mol. The van der Waals surface area contributed by atoms with E-state index in [2.05, 4.69) is 18.3 Å². The number of para-hydroxylation sites is 1. The predicted octanol–water partition coefficient (Wildman–Crippen LogP) is 3.42. The Morgan fingerprint density at radius 3 is 2.44 bits per heavy atom. The van der Waals surface area contributed by atoms with Gasteiger partial charge in [-0.15, -0.1) is 0 Å². The van der Waals surface area contributed by atoms with E-state index >= 15 is 0 Å². The van der Waals surface area contributed by atoms with Crippen LogP contribution in [0.2, 0.25) is 0 Å². The molecule has 1 heterocycles. The summed E-state index contributed by atoms with van der Waals surface area (Å²) in [6.07, 6.45) is 1.51. The van der Waals surface area contributed by atoms with Crippen molar-refractivity contribution in [3.63, 3.8) is 0 Å². The number of benzene rings is 2. The van der Waals surface area contributed by atoms with Crippen LogP contribution in [0.1, 0.15) is 18.1 Å². The van der Waals surface area contributed by atoms with Crippen LogP contribution in [0.5, 0.6) is 17.2 Å². The van der Waals surface area contributed by atoms with Crippen molar-refractivity contribution >= 4 is 11.7 Å². The molecule has 1 unspecified atom stereocenters. The molecule has 6 nitrogen and oxygen atoms in total. The minimum Gasteiger partial charge on any atom is -0.496 e. The van der Waals surface area contributed by atoms with Crippen molar-refractivity contribution in [3.05, 3.63) is 47.5 Å². The van der Waals surface area contributed by atoms with E-state index in [4.69, 9.17) is 14.2 Å². The molecule has 6 heteroatoms. The van der Waals surface area contributed by atoms with Gasteiger partial charge in [-0.2, -0.15) is 0 Å². The zero-order chi connectivity index (χ0) is 19.4. The molecule has 0 spiro atoms. The third-order valence-electron chi connectivity index (χ3n) is 4.88. The highest BCUT2D eigenvalue weighted by Crippen LogP contribution is 2.35. The minimum atomic E-state index is -0.0770. The second-order valence-corrected chi connectivity index (χ2v) is 6.55. The standard InChI is InChI=1S/C21H26N2O4/c1-14-11-15-7-5-6-8-17(15)23(14)21(24)22-10-9-16-12-19(26-3)20(27-4)13-18(16)25-2/h5-8,12-14H,9-11H2,1-4H3,(H,22,24). The predicted molar refractivity (Wildman–Crippen MR) is 105 cm³/mol. The van der Waals surface area contributed by atoms with Crippen molar-refractivity contribution in [2.45, 2.75) is 25.8 Å². The molecule has 1 atom stereocenters. The normalized spacial score (nSPS) is 15.3. The summed E-state index contributed by atoms with van der Waals surface area (Å²) in [5.41, 5.74) is 3.15. The molecule has 0 bridgehead atoms. The van der Waals surface area contributed by atoms with Crippen LogP contribution >= 0.6 is 0 Å². The lowest BCUT2D eigenvalue weighted by molar-refractivity contribution is 0.245. The molecule has 0 aliphatic carbocycles. The molecule has 1 aliphatic heterocycles. The number of ether oxygens (including phenoxy) is 3. The first kappa shape index (κ1) is 18.9. The van der Waals surface area contributed by atoms with Gasteiger partial charge in [0.05, 0.1) is 21.3 Å². The Morgan fingerprint density at radius 2 is 1.74 bits per heavy atom. The summed E-state index contributed by atoms with van der Waals surface area (Å²) in [6.45, 7) is 2.56. The molecule has 1 aliphatic rings. The van der Waals surface area contributed by atoms with Gasteiger partial charge in [-0.25, -0.2) is 4.79 Å². The van der Waals surface area contributed by atoms with Gasteiger partial charge in [0.25, 0.3) is 0 Å². The van der Waals surface area contributed by atoms with Crippen molar-refractivity contribution in [2.75, 3.05) is 32.8 Å². The highest BCUT2D eigenvalue weighted by Gasteiger charge is 2.30. The van der Waals surface area contributed by atoms with E-state index in [9.17, 15) is 4.79 Å². The van der Waals surface area contributed by atoms with Crippen LogP contribution < -0.4 is 24.4 Å². The van der Waals surface area contributed by atoms with Crippen molar-refractivity contribution in [3.8, 4) is 17.2 Å². The smallest absolute Gasteiger partial charge is 0.322 e. The van der Waals surface area contributed by atoms with Gasteiger partial charge in [0.15, 0.2) is 11.5 Å². The Hall–Kier alpha value is -2.89. The molecule has 0 fully saturated rings. The number of urea groups is 1. The topological polar surface area (TPSA) is 60.0 Å². The maximum absolute atomic E-state index is 12.7. The number of hydrogen-bond acceptors (Lipinski definition) is 4. The Bertz CT molecular complexity index is 822. The van der Waals surface area contributed by atoms with Gasteiger partial charge in [-0.3, -0.25) is 4.90 Å². The first-order chi connectivity index (χ1) is 13.1. The van der Waals surface area contributed by atoms with Gasteiger partial charge in [-0.05, 0) is 43.0 Å². The van der Waals surface area contributed by atoms with Crippen LogP contribution in [0.3, 0.4) is 0 Å². The van der Waals surface area contributed by atoms with Crippen molar-refractivity contribution in [1.29, 1.82) is 0 Å². The molecule has 3 rings (SSSR count). The van der Waals surface area contributed by atoms with Crippen LogP contribution in [0.15, 0.2) is 36.4 Å². The number of methoxy groups -OCH3 is 3. The van der Waals surface area contributed by atoms with Crippen LogP contribution in [0, 0.1) is 0 Å². The highest BCUT2D eigenvalue weighted by molar-refractivity contribution is 5.94. The van der Waals surface area contributed by atoms with Crippen LogP contribution in [0.25, 0.3) is 0 Å². The van der Waals surface area contributed by atoms with E-state index in [1.54, 1.807) is 27.4 Å². The van der Waals surface area contributed by atoms with E-state index in [1.165, 1.54) is 5.56 Å². The van der Waals surface area contributed by atoms with Gasteiger partial charge in [0.2, 0.25) is 0 Å². The van der Waals surface area contributed by atoms with Gasteiger partial charge in [0.1, 0.15) is 5.75 Å². The zero-order valence-electron chi connectivity index (χ0n) is 16.2. The van der Waals surface area contributed by atoms with Crippen molar-refractivity contribution in [1.82, 2.24) is 5.32 Å². The summed E-state index contributed by atoms with van der Waals surface area (Å²) >= 11 is 0. The first-order valence-corrected chi connectivity index (χ1v) is 9.02. The van der Waals surface area contributed by atoms with Crippen molar-refractivity contribution < 1.29 is 19.0 Å². The van der Waals surface area contributed by atoms with E-state index in [1.807, 2.05) is 29.2 Å². The maximum Gasteiger partial charge on any atom is 0.322 e. The third-order valence-corrected chi connectivity index (χ3v) is 4.88. The average molecular weight is 370 g/mol. The molecule has 27 heavy (non-hydrogen) atoms. The Morgan fingerprint density at radius 1 is 1.07 bits per heavy atom. The van der Waals surface area contributed by atoms with Gasteiger partial charge in [-0.1, -0.05) is 18.2 Å². The number of nitrogens with one attached hydrogen (secondary N) is 1. The number of hydrogen-bond donors (Lipinski definition) is 1. The second-order valence-electron chi connectivity index (χ2n) is 6.55. The summed E-state index contributed by atoms with van der Waals surface area (Å²) in [6, 6.07) is 11.8. The van der Waals surface area contributed by atoms with Crippen molar-refractivity contribution in [2.24, 2.45) is 0 Å². The Kier molecular flexibility index (Phi) is 5.74. The van der Waals surface area contributed by atoms with Gasteiger partial charge < -0.3 is 19.5 Å². The summed E-state index contributed by atoms with van der Waals surface area (Å²) < 4.78 is 16.1. The first-order valence-electron chi connectivity index (χ1n) is 9.02. The molecule has 0 saturated carbocycles. The molecule has 1 N–H and O–H groups in total. The largest absolute Gasteiger partial charge is 0.496 e. The van der Waals surface area contributed by atoms with Crippen LogP contribution in [0.4, 0.5) is 10.5 Å². The van der Waals surface area contributed by atoms with Gasteiger partial charge >= 0.3 is 6.03 Å².